The number of aromatic nitrogens is 3. The molecule has 0 saturated carbocycles. The number of carbonyl (C=O) groups excluding carboxylic acids is 6. The van der Waals surface area contributed by atoms with Gasteiger partial charge in [-0.25, -0.2) is 14.4 Å². The highest BCUT2D eigenvalue weighted by Gasteiger charge is 2.45. The third-order valence-electron chi connectivity index (χ3n) is 12.7. The van der Waals surface area contributed by atoms with Crippen LogP contribution in [-0.4, -0.2) is 158 Å². The molecular weight excluding hydrogens is 961 g/mol. The summed E-state index contributed by atoms with van der Waals surface area (Å²) in [4.78, 5) is 97.1. The Morgan fingerprint density at radius 2 is 0.653 bits per heavy atom. The molecule has 3 aliphatic rings. The Balaban J connectivity index is 1.00. The lowest BCUT2D eigenvalue weighted by Crippen LogP contribution is -2.69. The van der Waals surface area contributed by atoms with Gasteiger partial charge in [0.2, 0.25) is 35.6 Å². The Bertz CT molecular complexity index is 2470. The lowest BCUT2D eigenvalue weighted by atomic mass is 9.90. The number of hydrogen-bond acceptors (Lipinski definition) is 18. The molecule has 0 atom stereocenters. The van der Waals surface area contributed by atoms with Crippen LogP contribution in [0.3, 0.4) is 0 Å². The molecule has 7 rings (SSSR count). The molecule has 75 heavy (non-hydrogen) atoms. The maximum absolute atomic E-state index is 13.1. The number of rotatable bonds is 18. The second-order valence-corrected chi connectivity index (χ2v) is 22.9. The molecule has 3 fully saturated rings. The smallest absolute Gasteiger partial charge is 0.338 e. The summed E-state index contributed by atoms with van der Waals surface area (Å²) in [6, 6.07) is 19.6. The molecule has 1 aromatic heterocycles. The van der Waals surface area contributed by atoms with Crippen molar-refractivity contribution < 1.29 is 43.0 Å². The maximum Gasteiger partial charge on any atom is 0.338 e. The molecule has 3 aromatic carbocycles. The zero-order valence-corrected chi connectivity index (χ0v) is 45.1. The van der Waals surface area contributed by atoms with Crippen molar-refractivity contribution >= 4 is 70.5 Å². The van der Waals surface area contributed by atoms with Crippen LogP contribution >= 0.6 is 0 Å². The van der Waals surface area contributed by atoms with Crippen molar-refractivity contribution in [3.8, 4) is 0 Å². The molecule has 4 aromatic rings. The van der Waals surface area contributed by atoms with Crippen molar-refractivity contribution in [1.82, 2.24) is 45.6 Å². The normalized spacial score (nSPS) is 19.2. The molecule has 0 radical (unpaired) electrons. The standard InChI is InChI=1S/C54H72N12O9/c1-49(2)31-64(43(70)52(7,8)61-49)25-28-73-40(67)34-13-19-37(20-14-34)55-46-58-47(56-38-21-15-35(16-22-38)41(68)74-29-26-65-32-50(3,4)62-53(9,10)44(65)71)60-48(59-46)57-39-23-17-36(18-24-39)42(69)75-30-27-66-33-51(5,6)63-54(11,12)45(66)72/h13-24,61-63H,25-33H2,1-12H3,(H3,55,56,57,58,59,60). The molecule has 3 aliphatic heterocycles. The Hall–Kier alpha value is -7.23. The van der Waals surface area contributed by atoms with E-state index in [2.05, 4.69) is 46.9 Å². The zero-order valence-electron chi connectivity index (χ0n) is 45.1. The van der Waals surface area contributed by atoms with Crippen molar-refractivity contribution in [1.29, 1.82) is 0 Å². The van der Waals surface area contributed by atoms with E-state index >= 15 is 0 Å². The first-order valence-corrected chi connectivity index (χ1v) is 25.1. The summed E-state index contributed by atoms with van der Waals surface area (Å²) in [7, 11) is 0. The molecule has 402 valence electrons. The van der Waals surface area contributed by atoms with E-state index in [-0.39, 0.29) is 91.6 Å². The number of carbonyl (C=O) groups is 6. The zero-order chi connectivity index (χ0) is 54.7. The molecule has 0 spiro atoms. The molecule has 3 amide bonds. The number of esters is 3. The van der Waals surface area contributed by atoms with Crippen molar-refractivity contribution in [3.05, 3.63) is 89.5 Å². The first-order chi connectivity index (χ1) is 35.0. The van der Waals surface area contributed by atoms with Crippen LogP contribution in [-0.2, 0) is 28.6 Å². The number of anilines is 6. The lowest BCUT2D eigenvalue weighted by Gasteiger charge is -2.47. The molecule has 0 bridgehead atoms. The summed E-state index contributed by atoms with van der Waals surface area (Å²) >= 11 is 0. The van der Waals surface area contributed by atoms with Gasteiger partial charge < -0.3 is 44.9 Å². The van der Waals surface area contributed by atoms with Crippen molar-refractivity contribution in [3.63, 3.8) is 0 Å². The van der Waals surface area contributed by atoms with Crippen LogP contribution < -0.4 is 31.9 Å². The Morgan fingerprint density at radius 3 is 0.880 bits per heavy atom. The lowest BCUT2D eigenvalue weighted by molar-refractivity contribution is -0.144. The summed E-state index contributed by atoms with van der Waals surface area (Å²) in [6.07, 6.45) is 0. The number of benzene rings is 3. The highest BCUT2D eigenvalue weighted by atomic mass is 16.5. The predicted molar refractivity (Wildman–Crippen MR) is 283 cm³/mol. The average Bonchev–Trinajstić information content (AvgIpc) is 3.30. The van der Waals surface area contributed by atoms with Gasteiger partial charge in [-0.05, 0) is 156 Å². The highest BCUT2D eigenvalue weighted by Crippen LogP contribution is 2.27. The number of ether oxygens (including phenoxy) is 3. The quantitative estimate of drug-likeness (QED) is 0.0529. The summed E-state index contributed by atoms with van der Waals surface area (Å²) in [5.41, 5.74) is -0.603. The minimum Gasteiger partial charge on any atom is -0.460 e. The van der Waals surface area contributed by atoms with Gasteiger partial charge in [-0.1, -0.05) is 0 Å². The van der Waals surface area contributed by atoms with Crippen LogP contribution in [0.5, 0.6) is 0 Å². The number of piperazine rings is 3. The van der Waals surface area contributed by atoms with Crippen LogP contribution in [0.2, 0.25) is 0 Å². The van der Waals surface area contributed by atoms with Gasteiger partial charge >= 0.3 is 17.9 Å². The number of amides is 3. The van der Waals surface area contributed by atoms with Gasteiger partial charge in [-0.3, -0.25) is 30.3 Å². The number of nitrogens with one attached hydrogen (secondary N) is 6. The molecule has 21 heteroatoms. The fourth-order valence-electron chi connectivity index (χ4n) is 10.2. The van der Waals surface area contributed by atoms with Gasteiger partial charge in [0.15, 0.2) is 0 Å². The van der Waals surface area contributed by atoms with Crippen LogP contribution in [0.1, 0.15) is 114 Å². The minimum absolute atomic E-state index is 0.0300. The Kier molecular flexibility index (Phi) is 16.0. The molecular formula is C54H72N12O9. The molecule has 21 nitrogen and oxygen atoms in total. The van der Waals surface area contributed by atoms with Crippen LogP contribution in [0.25, 0.3) is 0 Å². The maximum atomic E-state index is 13.1. The highest BCUT2D eigenvalue weighted by molar-refractivity contribution is 5.92. The summed E-state index contributed by atoms with van der Waals surface area (Å²) < 4.78 is 16.7. The fraction of sp³-hybridized carbons (Fsp3) is 0.500. The predicted octanol–water partition coefficient (Wildman–Crippen LogP) is 5.54. The number of nitrogens with zero attached hydrogens (tertiary/aromatic N) is 6. The van der Waals surface area contributed by atoms with E-state index in [4.69, 9.17) is 14.2 Å². The van der Waals surface area contributed by atoms with E-state index in [1.807, 2.05) is 83.1 Å². The first-order valence-electron chi connectivity index (χ1n) is 25.1. The topological polar surface area (TPSA) is 251 Å². The Labute approximate surface area is 438 Å². The van der Waals surface area contributed by atoms with Gasteiger partial charge in [-0.2, -0.15) is 15.0 Å². The first kappa shape index (κ1) is 55.5. The second kappa shape index (κ2) is 21.5. The van der Waals surface area contributed by atoms with E-state index in [0.717, 1.165) is 0 Å². The molecule has 0 unspecified atom stereocenters. The molecule has 6 N–H and O–H groups in total. The van der Waals surface area contributed by atoms with Gasteiger partial charge in [0, 0.05) is 53.3 Å². The van der Waals surface area contributed by atoms with Crippen LogP contribution in [0, 0.1) is 0 Å². The third kappa shape index (κ3) is 14.3. The minimum atomic E-state index is -0.743. The Morgan fingerprint density at radius 1 is 0.427 bits per heavy atom. The van der Waals surface area contributed by atoms with Crippen molar-refractivity contribution in [2.24, 2.45) is 0 Å². The van der Waals surface area contributed by atoms with E-state index in [9.17, 15) is 28.8 Å². The van der Waals surface area contributed by atoms with Gasteiger partial charge in [0.05, 0.1) is 52.9 Å². The van der Waals surface area contributed by atoms with Gasteiger partial charge in [0.25, 0.3) is 0 Å². The second-order valence-electron chi connectivity index (χ2n) is 22.9. The third-order valence-corrected chi connectivity index (χ3v) is 12.7. The van der Waals surface area contributed by atoms with Gasteiger partial charge in [0.1, 0.15) is 19.8 Å². The van der Waals surface area contributed by atoms with Gasteiger partial charge in [-0.15, -0.1) is 0 Å². The van der Waals surface area contributed by atoms with E-state index in [1.54, 1.807) is 87.5 Å². The SMILES string of the molecule is CC1(C)CN(CCOC(=O)c2ccc(Nc3nc(Nc4ccc(C(=O)OCCN5CC(C)(C)NC(C)(C)C5=O)cc4)nc(Nc4ccc(C(=O)OCCN5CC(C)(C)NC(C)(C)C5=O)cc4)n3)cc2)C(=O)C(C)(C)N1. The van der Waals surface area contributed by atoms with Crippen LogP contribution in [0.15, 0.2) is 72.8 Å². The molecule has 3 saturated heterocycles. The summed E-state index contributed by atoms with van der Waals surface area (Å²) in [5, 5.41) is 19.6. The van der Waals surface area contributed by atoms with Crippen molar-refractivity contribution in [2.45, 2.75) is 116 Å². The molecule has 0 aliphatic carbocycles. The summed E-state index contributed by atoms with van der Waals surface area (Å²) in [6.45, 7) is 25.5. The van der Waals surface area contributed by atoms with Crippen LogP contribution in [0.4, 0.5) is 34.9 Å². The average molecular weight is 1030 g/mol. The van der Waals surface area contributed by atoms with E-state index in [0.29, 0.717) is 53.4 Å². The summed E-state index contributed by atoms with van der Waals surface area (Å²) in [5.74, 6) is -1.43. The van der Waals surface area contributed by atoms with E-state index in [1.165, 1.54) is 0 Å². The van der Waals surface area contributed by atoms with E-state index < -0.39 is 34.5 Å². The number of hydrogen-bond donors (Lipinski definition) is 6. The largest absolute Gasteiger partial charge is 0.460 e. The fourth-order valence-corrected chi connectivity index (χ4v) is 10.2. The monoisotopic (exact) mass is 1030 g/mol. The van der Waals surface area contributed by atoms with Crippen molar-refractivity contribution in [2.75, 3.05) is 75.0 Å². The molecule has 4 heterocycles.